The highest BCUT2D eigenvalue weighted by Crippen LogP contribution is 2.29. The number of halogens is 1. The maximum atomic E-state index is 12.0. The zero-order chi connectivity index (χ0) is 17.4. The van der Waals surface area contributed by atoms with Crippen LogP contribution in [0.5, 0.6) is 5.75 Å². The molecule has 0 aliphatic heterocycles. The summed E-state index contributed by atoms with van der Waals surface area (Å²) in [5.41, 5.74) is 0.681. The molecule has 1 aromatic rings. The lowest BCUT2D eigenvalue weighted by Gasteiger charge is -2.22. The lowest BCUT2D eigenvalue weighted by Crippen LogP contribution is -2.39. The summed E-state index contributed by atoms with van der Waals surface area (Å²) < 4.78 is 5.11. The fourth-order valence-corrected chi connectivity index (χ4v) is 2.64. The molecule has 23 heavy (non-hydrogen) atoms. The van der Waals surface area contributed by atoms with E-state index in [0.717, 1.165) is 12.8 Å². The maximum absolute atomic E-state index is 12.0. The molecule has 1 rings (SSSR count). The summed E-state index contributed by atoms with van der Waals surface area (Å²) in [6, 6.07) is 5.18. The first-order valence-electron chi connectivity index (χ1n) is 7.83. The van der Waals surface area contributed by atoms with Crippen LogP contribution in [-0.2, 0) is 9.59 Å². The van der Waals surface area contributed by atoms with Gasteiger partial charge in [0.15, 0.2) is 0 Å². The summed E-state index contributed by atoms with van der Waals surface area (Å²) >= 11 is 6.11. The van der Waals surface area contributed by atoms with E-state index >= 15 is 0 Å². The molecule has 1 aromatic carbocycles. The van der Waals surface area contributed by atoms with E-state index in [1.54, 1.807) is 23.1 Å². The van der Waals surface area contributed by atoms with Gasteiger partial charge in [0.2, 0.25) is 11.8 Å². The van der Waals surface area contributed by atoms with Crippen molar-refractivity contribution in [1.29, 1.82) is 0 Å². The highest BCUT2D eigenvalue weighted by Gasteiger charge is 2.16. The van der Waals surface area contributed by atoms with Crippen molar-refractivity contribution in [3.63, 3.8) is 0 Å². The van der Waals surface area contributed by atoms with Gasteiger partial charge >= 0.3 is 0 Å². The van der Waals surface area contributed by atoms with E-state index in [9.17, 15) is 9.59 Å². The molecule has 0 fully saturated rings. The van der Waals surface area contributed by atoms with Gasteiger partial charge in [-0.3, -0.25) is 9.59 Å². The van der Waals surface area contributed by atoms with Crippen LogP contribution in [0.15, 0.2) is 18.2 Å². The molecule has 1 N–H and O–H groups in total. The molecule has 0 aliphatic carbocycles. The van der Waals surface area contributed by atoms with Gasteiger partial charge in [-0.1, -0.05) is 25.4 Å². The Bertz CT molecular complexity index is 545. The van der Waals surface area contributed by atoms with Crippen LogP contribution in [0.3, 0.4) is 0 Å². The van der Waals surface area contributed by atoms with Crippen molar-refractivity contribution in [3.8, 4) is 5.75 Å². The Morgan fingerprint density at radius 2 is 1.96 bits per heavy atom. The molecular weight excluding hydrogens is 316 g/mol. The van der Waals surface area contributed by atoms with Gasteiger partial charge in [-0.2, -0.15) is 0 Å². The second-order valence-corrected chi connectivity index (χ2v) is 5.70. The molecule has 0 heterocycles. The molecule has 0 radical (unpaired) electrons. The molecule has 0 saturated heterocycles. The average molecular weight is 341 g/mol. The van der Waals surface area contributed by atoms with Gasteiger partial charge in [-0.05, 0) is 31.0 Å². The van der Waals surface area contributed by atoms with Gasteiger partial charge in [0, 0.05) is 31.6 Å². The average Bonchev–Trinajstić information content (AvgIpc) is 2.52. The van der Waals surface area contributed by atoms with E-state index in [1.165, 1.54) is 14.0 Å². The number of rotatable bonds is 8. The second kappa shape index (κ2) is 9.40. The van der Waals surface area contributed by atoms with Crippen molar-refractivity contribution in [2.24, 2.45) is 5.92 Å². The normalized spacial score (nSPS) is 10.5. The van der Waals surface area contributed by atoms with Crippen LogP contribution < -0.4 is 15.0 Å². The number of carbonyl (C=O) groups is 2. The number of methoxy groups -OCH3 is 1. The van der Waals surface area contributed by atoms with Crippen molar-refractivity contribution < 1.29 is 14.3 Å². The highest BCUT2D eigenvalue weighted by atomic mass is 35.5. The van der Waals surface area contributed by atoms with Gasteiger partial charge in [-0.25, -0.2) is 0 Å². The minimum Gasteiger partial charge on any atom is -0.495 e. The molecule has 5 nitrogen and oxygen atoms in total. The predicted octanol–water partition coefficient (Wildman–Crippen LogP) is 3.25. The van der Waals surface area contributed by atoms with E-state index in [-0.39, 0.29) is 17.7 Å². The number of nitrogens with zero attached hydrogens (tertiary/aromatic N) is 1. The zero-order valence-electron chi connectivity index (χ0n) is 14.2. The largest absolute Gasteiger partial charge is 0.495 e. The molecule has 0 aromatic heterocycles. The molecule has 0 aliphatic rings. The van der Waals surface area contributed by atoms with Crippen molar-refractivity contribution in [2.45, 2.75) is 33.6 Å². The Labute approximate surface area is 142 Å². The Morgan fingerprint density at radius 1 is 1.30 bits per heavy atom. The summed E-state index contributed by atoms with van der Waals surface area (Å²) in [6.45, 7) is 6.27. The molecule has 0 bridgehead atoms. The predicted molar refractivity (Wildman–Crippen MR) is 93.1 cm³/mol. The molecule has 0 spiro atoms. The fraction of sp³-hybridized carbons (Fsp3) is 0.529. The summed E-state index contributed by atoms with van der Waals surface area (Å²) in [5, 5.41) is 3.33. The maximum Gasteiger partial charge on any atom is 0.223 e. The Balaban J connectivity index is 2.71. The highest BCUT2D eigenvalue weighted by molar-refractivity contribution is 6.32. The monoisotopic (exact) mass is 340 g/mol. The van der Waals surface area contributed by atoms with Crippen LogP contribution in [0.2, 0.25) is 5.02 Å². The SMILES string of the molecule is CCC(CC)C(=O)NCCN(C(C)=O)c1ccc(OC)c(Cl)c1. The number of carbonyl (C=O) groups excluding carboxylic acids is 2. The van der Waals surface area contributed by atoms with Gasteiger partial charge in [-0.15, -0.1) is 0 Å². The van der Waals surface area contributed by atoms with E-state index in [4.69, 9.17) is 16.3 Å². The summed E-state index contributed by atoms with van der Waals surface area (Å²) in [6.07, 6.45) is 1.62. The number of amides is 2. The lowest BCUT2D eigenvalue weighted by atomic mass is 10.0. The zero-order valence-corrected chi connectivity index (χ0v) is 14.9. The first-order valence-corrected chi connectivity index (χ1v) is 8.21. The molecule has 0 saturated carbocycles. The minimum atomic E-state index is -0.108. The van der Waals surface area contributed by atoms with Crippen molar-refractivity contribution >= 4 is 29.1 Å². The molecule has 6 heteroatoms. The first-order chi connectivity index (χ1) is 10.9. The smallest absolute Gasteiger partial charge is 0.223 e. The van der Waals surface area contributed by atoms with Gasteiger partial charge < -0.3 is 15.0 Å². The Morgan fingerprint density at radius 3 is 2.43 bits per heavy atom. The van der Waals surface area contributed by atoms with Gasteiger partial charge in [0.05, 0.1) is 12.1 Å². The number of benzene rings is 1. The first kappa shape index (κ1) is 19.3. The van der Waals surface area contributed by atoms with Crippen molar-refractivity contribution in [1.82, 2.24) is 5.32 Å². The van der Waals surface area contributed by atoms with Crippen LogP contribution in [0, 0.1) is 5.92 Å². The van der Waals surface area contributed by atoms with E-state index in [0.29, 0.717) is 29.5 Å². The van der Waals surface area contributed by atoms with Crippen LogP contribution in [0.1, 0.15) is 33.6 Å². The van der Waals surface area contributed by atoms with Crippen LogP contribution in [-0.4, -0.2) is 32.0 Å². The van der Waals surface area contributed by atoms with Crippen molar-refractivity contribution in [3.05, 3.63) is 23.2 Å². The third-order valence-electron chi connectivity index (χ3n) is 3.82. The van der Waals surface area contributed by atoms with E-state index in [2.05, 4.69) is 5.32 Å². The summed E-state index contributed by atoms with van der Waals surface area (Å²) in [5.74, 6) is 0.506. The Hall–Kier alpha value is -1.75. The second-order valence-electron chi connectivity index (χ2n) is 5.29. The number of anilines is 1. The minimum absolute atomic E-state index is 0.0243. The molecular formula is C17H25ClN2O3. The lowest BCUT2D eigenvalue weighted by molar-refractivity contribution is -0.125. The standard InChI is InChI=1S/C17H25ClN2O3/c1-5-13(6-2)17(22)19-9-10-20(12(3)21)14-7-8-16(23-4)15(18)11-14/h7-8,11,13H,5-6,9-10H2,1-4H3,(H,19,22). The van der Waals surface area contributed by atoms with Crippen LogP contribution in [0.25, 0.3) is 0 Å². The van der Waals surface area contributed by atoms with Crippen LogP contribution in [0.4, 0.5) is 5.69 Å². The van der Waals surface area contributed by atoms with Crippen molar-refractivity contribution in [2.75, 3.05) is 25.1 Å². The summed E-state index contributed by atoms with van der Waals surface area (Å²) in [7, 11) is 1.54. The number of ether oxygens (including phenoxy) is 1. The summed E-state index contributed by atoms with van der Waals surface area (Å²) in [4.78, 5) is 25.4. The number of nitrogens with one attached hydrogen (secondary N) is 1. The third-order valence-corrected chi connectivity index (χ3v) is 4.11. The number of hydrogen-bond donors (Lipinski definition) is 1. The molecule has 128 valence electrons. The third kappa shape index (κ3) is 5.43. The molecule has 0 atom stereocenters. The topological polar surface area (TPSA) is 58.6 Å². The van der Waals surface area contributed by atoms with Gasteiger partial charge in [0.25, 0.3) is 0 Å². The fourth-order valence-electron chi connectivity index (χ4n) is 2.39. The molecule has 0 unspecified atom stereocenters. The molecule has 2 amide bonds. The van der Waals surface area contributed by atoms with Crippen LogP contribution >= 0.6 is 11.6 Å². The number of hydrogen-bond acceptors (Lipinski definition) is 3. The van der Waals surface area contributed by atoms with Gasteiger partial charge in [0.1, 0.15) is 5.75 Å². The van der Waals surface area contributed by atoms with E-state index in [1.807, 2.05) is 13.8 Å². The Kier molecular flexibility index (Phi) is 7.89. The van der Waals surface area contributed by atoms with E-state index < -0.39 is 0 Å². The quantitative estimate of drug-likeness (QED) is 0.790.